The van der Waals surface area contributed by atoms with Gasteiger partial charge in [-0.05, 0) is 52.2 Å². The molecule has 1 unspecified atom stereocenters. The van der Waals surface area contributed by atoms with Crippen molar-refractivity contribution in [2.24, 2.45) is 4.99 Å². The van der Waals surface area contributed by atoms with E-state index in [1.807, 2.05) is 33.8 Å². The number of guanidine groups is 1. The fourth-order valence-corrected chi connectivity index (χ4v) is 4.53. The van der Waals surface area contributed by atoms with E-state index in [0.717, 1.165) is 26.0 Å². The Morgan fingerprint density at radius 3 is 2.63 bits per heavy atom. The molecule has 152 valence electrons. The molecule has 7 nitrogen and oxygen atoms in total. The highest BCUT2D eigenvalue weighted by molar-refractivity contribution is 7.89. The van der Waals surface area contributed by atoms with Gasteiger partial charge in [0.2, 0.25) is 10.0 Å². The maximum atomic E-state index is 12.7. The zero-order chi connectivity index (χ0) is 19.9. The third-order valence-electron chi connectivity index (χ3n) is 3.98. The van der Waals surface area contributed by atoms with Crippen LogP contribution in [0.5, 0.6) is 0 Å². The second-order valence-electron chi connectivity index (χ2n) is 7.67. The van der Waals surface area contributed by atoms with Gasteiger partial charge in [-0.25, -0.2) is 18.1 Å². The molecule has 0 amide bonds. The standard InChI is InChI=1S/C19H32N4O3S/c1-5-20-18(22-14-16-10-8-12-26-16)21-13-15-9-6-7-11-17(15)27(24,25)23-19(2,3)4/h6-7,9,11,16,23H,5,8,10,12-14H2,1-4H3,(H2,20,21,22). The summed E-state index contributed by atoms with van der Waals surface area (Å²) < 4.78 is 33.8. The van der Waals surface area contributed by atoms with Gasteiger partial charge in [0.05, 0.1) is 17.5 Å². The molecule has 1 fully saturated rings. The van der Waals surface area contributed by atoms with Gasteiger partial charge in [-0.1, -0.05) is 18.2 Å². The summed E-state index contributed by atoms with van der Waals surface area (Å²) in [5, 5.41) is 6.47. The summed E-state index contributed by atoms with van der Waals surface area (Å²) in [5.41, 5.74) is 0.107. The summed E-state index contributed by atoms with van der Waals surface area (Å²) >= 11 is 0. The van der Waals surface area contributed by atoms with Crippen LogP contribution in [0, 0.1) is 0 Å². The van der Waals surface area contributed by atoms with E-state index in [9.17, 15) is 8.42 Å². The summed E-state index contributed by atoms with van der Waals surface area (Å²) in [4.78, 5) is 4.82. The lowest BCUT2D eigenvalue weighted by molar-refractivity contribution is 0.114. The smallest absolute Gasteiger partial charge is 0.241 e. The number of hydrogen-bond donors (Lipinski definition) is 3. The van der Waals surface area contributed by atoms with Gasteiger partial charge in [-0.15, -0.1) is 0 Å². The average Bonchev–Trinajstić information content (AvgIpc) is 3.09. The topological polar surface area (TPSA) is 91.8 Å². The molecule has 2 rings (SSSR count). The fourth-order valence-electron chi connectivity index (χ4n) is 2.88. The molecule has 0 radical (unpaired) electrons. The number of aliphatic imine (C=N–C) groups is 1. The number of benzene rings is 1. The SMILES string of the molecule is CCNC(=NCc1ccccc1S(=O)(=O)NC(C)(C)C)NCC1CCCO1. The minimum atomic E-state index is -3.61. The van der Waals surface area contributed by atoms with E-state index in [2.05, 4.69) is 20.3 Å². The highest BCUT2D eigenvalue weighted by atomic mass is 32.2. The first kappa shape index (κ1) is 21.7. The van der Waals surface area contributed by atoms with Crippen LogP contribution in [0.2, 0.25) is 0 Å². The zero-order valence-corrected chi connectivity index (χ0v) is 17.5. The van der Waals surface area contributed by atoms with Gasteiger partial charge >= 0.3 is 0 Å². The van der Waals surface area contributed by atoms with Crippen molar-refractivity contribution >= 4 is 16.0 Å². The number of hydrogen-bond acceptors (Lipinski definition) is 4. The van der Waals surface area contributed by atoms with Crippen LogP contribution in [-0.4, -0.2) is 45.7 Å². The fraction of sp³-hybridized carbons (Fsp3) is 0.632. The number of nitrogens with zero attached hydrogens (tertiary/aromatic N) is 1. The molecule has 0 aliphatic carbocycles. The van der Waals surface area contributed by atoms with Crippen LogP contribution in [0.25, 0.3) is 0 Å². The number of nitrogens with one attached hydrogen (secondary N) is 3. The second kappa shape index (κ2) is 9.52. The number of ether oxygens (including phenoxy) is 1. The van der Waals surface area contributed by atoms with E-state index in [0.29, 0.717) is 18.1 Å². The summed E-state index contributed by atoms with van der Waals surface area (Å²) in [6.07, 6.45) is 2.34. The van der Waals surface area contributed by atoms with Crippen LogP contribution in [0.1, 0.15) is 46.1 Å². The highest BCUT2D eigenvalue weighted by Crippen LogP contribution is 2.18. The van der Waals surface area contributed by atoms with Crippen LogP contribution in [0.15, 0.2) is 34.2 Å². The van der Waals surface area contributed by atoms with Gasteiger partial charge in [-0.2, -0.15) is 0 Å². The van der Waals surface area contributed by atoms with E-state index >= 15 is 0 Å². The lowest BCUT2D eigenvalue weighted by Gasteiger charge is -2.21. The van der Waals surface area contributed by atoms with Gasteiger partial charge in [0.15, 0.2) is 5.96 Å². The molecule has 1 heterocycles. The van der Waals surface area contributed by atoms with Gasteiger partial charge < -0.3 is 15.4 Å². The molecule has 0 aromatic heterocycles. The maximum Gasteiger partial charge on any atom is 0.241 e. The maximum absolute atomic E-state index is 12.7. The molecule has 1 aliphatic rings. The minimum Gasteiger partial charge on any atom is -0.376 e. The van der Waals surface area contributed by atoms with Crippen molar-refractivity contribution in [2.75, 3.05) is 19.7 Å². The first-order valence-corrected chi connectivity index (χ1v) is 11.0. The molecular formula is C19H32N4O3S. The first-order valence-electron chi connectivity index (χ1n) is 9.47. The van der Waals surface area contributed by atoms with Crippen LogP contribution in [0.4, 0.5) is 0 Å². The van der Waals surface area contributed by atoms with E-state index < -0.39 is 15.6 Å². The van der Waals surface area contributed by atoms with Crippen molar-refractivity contribution in [3.05, 3.63) is 29.8 Å². The molecule has 1 saturated heterocycles. The van der Waals surface area contributed by atoms with Crippen LogP contribution in [-0.2, 0) is 21.3 Å². The minimum absolute atomic E-state index is 0.206. The normalized spacial score (nSPS) is 18.5. The molecule has 8 heteroatoms. The van der Waals surface area contributed by atoms with Crippen LogP contribution < -0.4 is 15.4 Å². The molecule has 1 aliphatic heterocycles. The Bertz CT molecular complexity index is 736. The predicted molar refractivity (Wildman–Crippen MR) is 108 cm³/mol. The van der Waals surface area contributed by atoms with Gasteiger partial charge in [0, 0.05) is 25.2 Å². The second-order valence-corrected chi connectivity index (χ2v) is 9.33. The highest BCUT2D eigenvalue weighted by Gasteiger charge is 2.24. The van der Waals surface area contributed by atoms with E-state index in [1.54, 1.807) is 18.2 Å². The molecule has 0 saturated carbocycles. The molecule has 1 aromatic carbocycles. The van der Waals surface area contributed by atoms with Crippen molar-refractivity contribution in [3.63, 3.8) is 0 Å². The third-order valence-corrected chi connectivity index (χ3v) is 5.83. The van der Waals surface area contributed by atoms with Crippen LogP contribution in [0.3, 0.4) is 0 Å². The quantitative estimate of drug-likeness (QED) is 0.484. The number of rotatable bonds is 7. The van der Waals surface area contributed by atoms with Crippen molar-refractivity contribution < 1.29 is 13.2 Å². The van der Waals surface area contributed by atoms with E-state index in [4.69, 9.17) is 4.74 Å². The summed E-state index contributed by atoms with van der Waals surface area (Å²) in [6, 6.07) is 6.97. The third kappa shape index (κ3) is 7.12. The average molecular weight is 397 g/mol. The van der Waals surface area contributed by atoms with E-state index in [-0.39, 0.29) is 17.5 Å². The molecular weight excluding hydrogens is 364 g/mol. The molecule has 0 bridgehead atoms. The number of sulfonamides is 1. The Hall–Kier alpha value is -1.64. The lowest BCUT2D eigenvalue weighted by Crippen LogP contribution is -2.41. The van der Waals surface area contributed by atoms with Crippen molar-refractivity contribution in [2.45, 2.75) is 63.6 Å². The van der Waals surface area contributed by atoms with E-state index in [1.165, 1.54) is 0 Å². The summed E-state index contributed by atoms with van der Waals surface area (Å²) in [5.74, 6) is 0.656. The molecule has 3 N–H and O–H groups in total. The molecule has 1 atom stereocenters. The molecule has 1 aromatic rings. The zero-order valence-electron chi connectivity index (χ0n) is 16.7. The van der Waals surface area contributed by atoms with Gasteiger partial charge in [-0.3, -0.25) is 0 Å². The predicted octanol–water partition coefficient (Wildman–Crippen LogP) is 2.00. The van der Waals surface area contributed by atoms with Gasteiger partial charge in [0.25, 0.3) is 0 Å². The Morgan fingerprint density at radius 2 is 2.00 bits per heavy atom. The van der Waals surface area contributed by atoms with Crippen molar-refractivity contribution in [1.29, 1.82) is 0 Å². The Kier molecular flexibility index (Phi) is 7.64. The summed E-state index contributed by atoms with van der Waals surface area (Å²) in [6.45, 7) is 9.96. The van der Waals surface area contributed by atoms with Crippen molar-refractivity contribution in [1.82, 2.24) is 15.4 Å². The largest absolute Gasteiger partial charge is 0.376 e. The Balaban J connectivity index is 2.13. The molecule has 0 spiro atoms. The van der Waals surface area contributed by atoms with Crippen molar-refractivity contribution in [3.8, 4) is 0 Å². The molecule has 27 heavy (non-hydrogen) atoms. The van der Waals surface area contributed by atoms with Crippen LogP contribution >= 0.6 is 0 Å². The monoisotopic (exact) mass is 396 g/mol. The Morgan fingerprint density at radius 1 is 1.26 bits per heavy atom. The summed E-state index contributed by atoms with van der Waals surface area (Å²) in [7, 11) is -3.61. The lowest BCUT2D eigenvalue weighted by atomic mass is 10.1. The van der Waals surface area contributed by atoms with Gasteiger partial charge in [0.1, 0.15) is 0 Å². The first-order chi connectivity index (χ1) is 12.7. The Labute approximate surface area is 163 Å².